The van der Waals surface area contributed by atoms with Crippen LogP contribution in [0.3, 0.4) is 0 Å². The average Bonchev–Trinajstić information content (AvgIpc) is 3.20. The Morgan fingerprint density at radius 2 is 2.00 bits per heavy atom. The Bertz CT molecular complexity index is 1350. The fourth-order valence-corrected chi connectivity index (χ4v) is 3.94. The molecular weight excluding hydrogens is 473 g/mol. The van der Waals surface area contributed by atoms with Gasteiger partial charge in [-0.15, -0.1) is 0 Å². The Hall–Kier alpha value is -4.04. The summed E-state index contributed by atoms with van der Waals surface area (Å²) in [5.41, 5.74) is 6.01. The summed E-state index contributed by atoms with van der Waals surface area (Å²) in [4.78, 5) is 26.4. The number of nitriles is 1. The molecule has 1 aliphatic rings. The Balaban J connectivity index is 1.69. The topological polar surface area (TPSA) is 117 Å². The number of alkyl halides is 1. The van der Waals surface area contributed by atoms with Crippen LogP contribution in [0, 0.1) is 23.0 Å². The molecule has 0 saturated heterocycles. The molecule has 0 saturated carbocycles. The predicted molar refractivity (Wildman–Crippen MR) is 117 cm³/mol. The van der Waals surface area contributed by atoms with Crippen LogP contribution in [0.4, 0.5) is 23.7 Å². The van der Waals surface area contributed by atoms with Crippen molar-refractivity contribution in [1.29, 1.82) is 5.26 Å². The van der Waals surface area contributed by atoms with Gasteiger partial charge in [-0.2, -0.15) is 10.4 Å². The van der Waals surface area contributed by atoms with Crippen molar-refractivity contribution in [2.75, 3.05) is 18.5 Å². The standard InChI is InChI=1S/C22H16ClF3N6O2/c23-15-5-11(2-4-16(15)25)20-19(21(28)33)18-10-31(9-14(7-24)32(18)30-20)22(34)29-13-3-1-12(8-27)17(26)6-13/h1-6,14H,7,9-10H2,(H2,28,33)(H,29,34)/t14-/m0/s1. The molecular formula is C22H16ClF3N6O2. The minimum absolute atomic E-state index is 0.0527. The van der Waals surface area contributed by atoms with Gasteiger partial charge in [0, 0.05) is 17.8 Å². The van der Waals surface area contributed by atoms with Crippen molar-refractivity contribution in [3.63, 3.8) is 0 Å². The average molecular weight is 489 g/mol. The zero-order valence-corrected chi connectivity index (χ0v) is 18.1. The van der Waals surface area contributed by atoms with Gasteiger partial charge in [0.15, 0.2) is 0 Å². The first kappa shape index (κ1) is 23.1. The van der Waals surface area contributed by atoms with E-state index in [1.807, 2.05) is 0 Å². The molecule has 1 aromatic heterocycles. The maximum atomic E-state index is 13.9. The molecule has 0 fully saturated rings. The minimum Gasteiger partial charge on any atom is -0.365 e. The highest BCUT2D eigenvalue weighted by Gasteiger charge is 2.35. The van der Waals surface area contributed by atoms with Crippen molar-refractivity contribution >= 4 is 29.2 Å². The molecule has 0 aliphatic carbocycles. The molecule has 0 radical (unpaired) electrons. The number of nitrogens with one attached hydrogen (secondary N) is 1. The lowest BCUT2D eigenvalue weighted by Crippen LogP contribution is -2.44. The molecule has 1 aliphatic heterocycles. The van der Waals surface area contributed by atoms with Crippen molar-refractivity contribution in [2.24, 2.45) is 5.73 Å². The van der Waals surface area contributed by atoms with E-state index in [0.717, 1.165) is 12.1 Å². The fourth-order valence-electron chi connectivity index (χ4n) is 3.76. The second kappa shape index (κ2) is 9.07. The number of fused-ring (bicyclic) bond motifs is 1. The number of nitrogens with two attached hydrogens (primary N) is 1. The van der Waals surface area contributed by atoms with E-state index >= 15 is 0 Å². The summed E-state index contributed by atoms with van der Waals surface area (Å²) >= 11 is 5.86. The first-order valence-electron chi connectivity index (χ1n) is 9.91. The number of aromatic nitrogens is 2. The van der Waals surface area contributed by atoms with E-state index in [4.69, 9.17) is 22.6 Å². The van der Waals surface area contributed by atoms with Gasteiger partial charge in [-0.3, -0.25) is 9.48 Å². The number of halogens is 4. The van der Waals surface area contributed by atoms with Gasteiger partial charge in [0.25, 0.3) is 5.91 Å². The van der Waals surface area contributed by atoms with E-state index in [1.54, 1.807) is 6.07 Å². The highest BCUT2D eigenvalue weighted by atomic mass is 35.5. The van der Waals surface area contributed by atoms with Crippen molar-refractivity contribution in [2.45, 2.75) is 12.6 Å². The van der Waals surface area contributed by atoms with Crippen LogP contribution in [0.1, 0.15) is 27.7 Å². The lowest BCUT2D eigenvalue weighted by molar-refractivity contribution is 0.0995. The van der Waals surface area contributed by atoms with Crippen LogP contribution in [0.5, 0.6) is 0 Å². The lowest BCUT2D eigenvalue weighted by Gasteiger charge is -2.33. The van der Waals surface area contributed by atoms with Gasteiger partial charge in [0.1, 0.15) is 30.1 Å². The Morgan fingerprint density at radius 3 is 2.62 bits per heavy atom. The summed E-state index contributed by atoms with van der Waals surface area (Å²) in [6.07, 6.45) is 0. The molecule has 0 unspecified atom stereocenters. The van der Waals surface area contributed by atoms with Gasteiger partial charge in [0.2, 0.25) is 0 Å². The zero-order valence-electron chi connectivity index (χ0n) is 17.4. The van der Waals surface area contributed by atoms with Crippen molar-refractivity contribution < 1.29 is 22.8 Å². The van der Waals surface area contributed by atoms with Gasteiger partial charge < -0.3 is 16.0 Å². The predicted octanol–water partition coefficient (Wildman–Crippen LogP) is 4.01. The fraction of sp³-hybridized carbons (Fsp3) is 0.182. The van der Waals surface area contributed by atoms with E-state index in [0.29, 0.717) is 5.56 Å². The summed E-state index contributed by atoms with van der Waals surface area (Å²) in [5.74, 6) is -2.35. The normalized spacial score (nSPS) is 14.9. The Labute approximate surface area is 196 Å². The highest BCUT2D eigenvalue weighted by Crippen LogP contribution is 2.33. The monoisotopic (exact) mass is 488 g/mol. The number of urea groups is 1. The summed E-state index contributed by atoms with van der Waals surface area (Å²) in [7, 11) is 0. The maximum Gasteiger partial charge on any atom is 0.322 e. The van der Waals surface area contributed by atoms with Crippen LogP contribution in [-0.2, 0) is 6.54 Å². The minimum atomic E-state index is -0.935. The zero-order chi connectivity index (χ0) is 24.6. The van der Waals surface area contributed by atoms with E-state index in [9.17, 15) is 22.8 Å². The highest BCUT2D eigenvalue weighted by molar-refractivity contribution is 6.31. The molecule has 34 heavy (non-hydrogen) atoms. The molecule has 1 atom stereocenters. The number of hydrogen-bond donors (Lipinski definition) is 2. The molecule has 3 amide bonds. The summed E-state index contributed by atoms with van der Waals surface area (Å²) in [6, 6.07) is 7.35. The third-order valence-electron chi connectivity index (χ3n) is 5.37. The summed E-state index contributed by atoms with van der Waals surface area (Å²) in [6.45, 7) is -1.16. The molecule has 8 nitrogen and oxygen atoms in total. The van der Waals surface area contributed by atoms with Crippen LogP contribution in [0.25, 0.3) is 11.3 Å². The molecule has 2 heterocycles. The number of amides is 3. The molecule has 3 aromatic rings. The molecule has 12 heteroatoms. The molecule has 0 bridgehead atoms. The molecule has 4 rings (SSSR count). The number of primary amides is 1. The number of rotatable bonds is 4. The number of hydrogen-bond acceptors (Lipinski definition) is 4. The Morgan fingerprint density at radius 1 is 1.24 bits per heavy atom. The number of carbonyl (C=O) groups is 2. The van der Waals surface area contributed by atoms with Crippen LogP contribution in [0.15, 0.2) is 36.4 Å². The quantitative estimate of drug-likeness (QED) is 0.577. The summed E-state index contributed by atoms with van der Waals surface area (Å²) in [5, 5.41) is 15.5. The van der Waals surface area contributed by atoms with Gasteiger partial charge in [-0.25, -0.2) is 18.0 Å². The smallest absolute Gasteiger partial charge is 0.322 e. The van der Waals surface area contributed by atoms with E-state index in [-0.39, 0.29) is 46.3 Å². The van der Waals surface area contributed by atoms with Crippen molar-refractivity contribution in [3.8, 4) is 17.3 Å². The molecule has 3 N–H and O–H groups in total. The second-order valence-corrected chi connectivity index (χ2v) is 7.94. The second-order valence-electron chi connectivity index (χ2n) is 7.53. The van der Waals surface area contributed by atoms with Crippen LogP contribution in [-0.4, -0.2) is 39.8 Å². The van der Waals surface area contributed by atoms with E-state index in [2.05, 4.69) is 10.4 Å². The maximum absolute atomic E-state index is 13.9. The lowest BCUT2D eigenvalue weighted by atomic mass is 10.0. The molecule has 2 aromatic carbocycles. The van der Waals surface area contributed by atoms with Gasteiger partial charge in [0.05, 0.1) is 34.4 Å². The first-order chi connectivity index (χ1) is 16.2. The third kappa shape index (κ3) is 4.15. The summed E-state index contributed by atoms with van der Waals surface area (Å²) < 4.78 is 42.7. The largest absolute Gasteiger partial charge is 0.365 e. The van der Waals surface area contributed by atoms with Crippen molar-refractivity contribution in [1.82, 2.24) is 14.7 Å². The molecule has 0 spiro atoms. The van der Waals surface area contributed by atoms with Crippen LogP contribution >= 0.6 is 11.6 Å². The van der Waals surface area contributed by atoms with Crippen molar-refractivity contribution in [3.05, 3.63) is 69.9 Å². The van der Waals surface area contributed by atoms with E-state index < -0.39 is 36.3 Å². The van der Waals surface area contributed by atoms with E-state index in [1.165, 1.54) is 33.8 Å². The van der Waals surface area contributed by atoms with Crippen LogP contribution in [0.2, 0.25) is 5.02 Å². The number of benzene rings is 2. The number of anilines is 1. The van der Waals surface area contributed by atoms with Gasteiger partial charge in [-0.05, 0) is 36.4 Å². The number of nitrogens with zero attached hydrogens (tertiary/aromatic N) is 4. The third-order valence-corrected chi connectivity index (χ3v) is 5.66. The Kier molecular flexibility index (Phi) is 6.17. The SMILES string of the molecule is N#Cc1ccc(NC(=O)N2Cc3c(C(N)=O)c(-c4ccc(F)c(Cl)c4)nn3[C@@H](CF)C2)cc1F. The van der Waals surface area contributed by atoms with Gasteiger partial charge >= 0.3 is 6.03 Å². The molecule has 174 valence electrons. The van der Waals surface area contributed by atoms with Crippen LogP contribution < -0.4 is 11.1 Å². The first-order valence-corrected chi connectivity index (χ1v) is 10.3. The number of carbonyl (C=O) groups excluding carboxylic acids is 2. The van der Waals surface area contributed by atoms with Gasteiger partial charge in [-0.1, -0.05) is 11.6 Å².